The van der Waals surface area contributed by atoms with Crippen molar-refractivity contribution in [2.75, 3.05) is 11.1 Å². The molecule has 0 aliphatic rings. The van der Waals surface area contributed by atoms with E-state index in [9.17, 15) is 4.79 Å². The fourth-order valence-corrected chi connectivity index (χ4v) is 3.79. The first-order valence-corrected chi connectivity index (χ1v) is 11.6. The van der Waals surface area contributed by atoms with E-state index >= 15 is 0 Å². The van der Waals surface area contributed by atoms with E-state index in [0.29, 0.717) is 12.5 Å². The van der Waals surface area contributed by atoms with Gasteiger partial charge in [-0.15, -0.1) is 10.2 Å². The highest BCUT2D eigenvalue weighted by Crippen LogP contribution is 2.21. The standard InChI is InChI=1S/C24H30N4O2S/c1-4-19-9-8-10-20(15-19)25-23(29)17-31-24-27-26-22(28(24)14-13-18(2)3)16-30-21-11-6-5-7-12-21/h5-12,15,18H,4,13-14,16-17H2,1-3H3,(H,25,29). The smallest absolute Gasteiger partial charge is 0.234 e. The number of carbonyl (C=O) groups is 1. The lowest BCUT2D eigenvalue weighted by Gasteiger charge is -2.12. The van der Waals surface area contributed by atoms with Crippen molar-refractivity contribution in [2.45, 2.75) is 51.9 Å². The molecule has 31 heavy (non-hydrogen) atoms. The molecule has 0 radical (unpaired) electrons. The molecule has 0 aliphatic carbocycles. The minimum atomic E-state index is -0.0567. The van der Waals surface area contributed by atoms with Crippen LogP contribution in [0.15, 0.2) is 59.8 Å². The topological polar surface area (TPSA) is 69.0 Å². The third kappa shape index (κ3) is 7.14. The van der Waals surface area contributed by atoms with E-state index in [1.165, 1.54) is 17.3 Å². The molecule has 2 aromatic carbocycles. The molecule has 3 rings (SSSR count). The van der Waals surface area contributed by atoms with E-state index in [1.807, 2.05) is 48.5 Å². The summed E-state index contributed by atoms with van der Waals surface area (Å²) in [5.74, 6) is 2.33. The molecule has 0 saturated heterocycles. The van der Waals surface area contributed by atoms with E-state index in [1.54, 1.807) is 0 Å². The molecule has 0 atom stereocenters. The van der Waals surface area contributed by atoms with Crippen LogP contribution < -0.4 is 10.1 Å². The van der Waals surface area contributed by atoms with Crippen molar-refractivity contribution in [1.29, 1.82) is 0 Å². The number of aryl methyl sites for hydroxylation is 1. The van der Waals surface area contributed by atoms with Crippen LogP contribution in [-0.4, -0.2) is 26.4 Å². The third-order valence-electron chi connectivity index (χ3n) is 4.79. The van der Waals surface area contributed by atoms with Crippen molar-refractivity contribution < 1.29 is 9.53 Å². The zero-order valence-corrected chi connectivity index (χ0v) is 19.2. The van der Waals surface area contributed by atoms with E-state index in [0.717, 1.165) is 41.8 Å². The Kier molecular flexibility index (Phi) is 8.53. The predicted molar refractivity (Wildman–Crippen MR) is 125 cm³/mol. The molecule has 0 unspecified atom stereocenters. The monoisotopic (exact) mass is 438 g/mol. The molecular weight excluding hydrogens is 408 g/mol. The van der Waals surface area contributed by atoms with Crippen LogP contribution in [0.3, 0.4) is 0 Å². The normalized spacial score (nSPS) is 11.0. The first kappa shape index (κ1) is 22.9. The van der Waals surface area contributed by atoms with Gasteiger partial charge in [-0.05, 0) is 48.6 Å². The van der Waals surface area contributed by atoms with Crippen LogP contribution in [0.1, 0.15) is 38.6 Å². The fourth-order valence-electron chi connectivity index (χ4n) is 3.01. The maximum atomic E-state index is 12.5. The first-order valence-electron chi connectivity index (χ1n) is 10.7. The second kappa shape index (κ2) is 11.6. The molecule has 0 fully saturated rings. The van der Waals surface area contributed by atoms with Crippen molar-refractivity contribution in [1.82, 2.24) is 14.8 Å². The summed E-state index contributed by atoms with van der Waals surface area (Å²) in [6, 6.07) is 17.6. The molecule has 6 nitrogen and oxygen atoms in total. The molecule has 1 heterocycles. The largest absolute Gasteiger partial charge is 0.486 e. The summed E-state index contributed by atoms with van der Waals surface area (Å²) >= 11 is 1.40. The Morgan fingerprint density at radius 2 is 1.94 bits per heavy atom. The lowest BCUT2D eigenvalue weighted by molar-refractivity contribution is -0.113. The molecule has 7 heteroatoms. The van der Waals surface area contributed by atoms with Gasteiger partial charge >= 0.3 is 0 Å². The molecule has 0 aliphatic heterocycles. The third-order valence-corrected chi connectivity index (χ3v) is 5.75. The summed E-state index contributed by atoms with van der Waals surface area (Å²) in [6.45, 7) is 7.61. The van der Waals surface area contributed by atoms with E-state index in [-0.39, 0.29) is 11.7 Å². The van der Waals surface area contributed by atoms with Crippen LogP contribution in [0.5, 0.6) is 5.75 Å². The summed E-state index contributed by atoms with van der Waals surface area (Å²) in [5, 5.41) is 12.4. The molecule has 0 bridgehead atoms. The number of aromatic nitrogens is 3. The fraction of sp³-hybridized carbons (Fsp3) is 0.375. The molecule has 1 N–H and O–H groups in total. The van der Waals surface area contributed by atoms with Gasteiger partial charge in [0, 0.05) is 12.2 Å². The summed E-state index contributed by atoms with van der Waals surface area (Å²) in [7, 11) is 0. The van der Waals surface area contributed by atoms with Crippen LogP contribution >= 0.6 is 11.8 Å². The van der Waals surface area contributed by atoms with Crippen LogP contribution in [0.2, 0.25) is 0 Å². The Labute approximate surface area is 188 Å². The second-order valence-corrected chi connectivity index (χ2v) is 8.67. The van der Waals surface area contributed by atoms with Crippen LogP contribution in [-0.2, 0) is 24.4 Å². The molecule has 164 valence electrons. The van der Waals surface area contributed by atoms with Gasteiger partial charge in [0.1, 0.15) is 12.4 Å². The number of amides is 1. The summed E-state index contributed by atoms with van der Waals surface area (Å²) < 4.78 is 7.94. The highest BCUT2D eigenvalue weighted by atomic mass is 32.2. The van der Waals surface area contributed by atoms with Crippen molar-refractivity contribution in [2.24, 2.45) is 5.92 Å². The number of hydrogen-bond donors (Lipinski definition) is 1. The average molecular weight is 439 g/mol. The number of benzene rings is 2. The summed E-state index contributed by atoms with van der Waals surface area (Å²) in [4.78, 5) is 12.5. The van der Waals surface area contributed by atoms with E-state index < -0.39 is 0 Å². The number of anilines is 1. The number of carbonyl (C=O) groups excluding carboxylic acids is 1. The molecule has 1 aromatic heterocycles. The Morgan fingerprint density at radius 1 is 1.13 bits per heavy atom. The molecule has 0 spiro atoms. The van der Waals surface area contributed by atoms with Gasteiger partial charge in [-0.2, -0.15) is 0 Å². The van der Waals surface area contributed by atoms with Crippen molar-refractivity contribution in [3.63, 3.8) is 0 Å². The Hall–Kier alpha value is -2.80. The number of thioether (sulfide) groups is 1. The van der Waals surface area contributed by atoms with Crippen LogP contribution in [0.4, 0.5) is 5.69 Å². The average Bonchev–Trinajstić information content (AvgIpc) is 3.17. The van der Waals surface area contributed by atoms with Crippen molar-refractivity contribution >= 4 is 23.4 Å². The molecule has 0 saturated carbocycles. The highest BCUT2D eigenvalue weighted by molar-refractivity contribution is 7.99. The van der Waals surface area contributed by atoms with Gasteiger partial charge in [-0.25, -0.2) is 0 Å². The lowest BCUT2D eigenvalue weighted by atomic mass is 10.1. The first-order chi connectivity index (χ1) is 15.0. The number of rotatable bonds is 11. The summed E-state index contributed by atoms with van der Waals surface area (Å²) in [5.41, 5.74) is 2.02. The van der Waals surface area contributed by atoms with Gasteiger partial charge in [-0.3, -0.25) is 4.79 Å². The minimum absolute atomic E-state index is 0.0567. The molecular formula is C24H30N4O2S. The highest BCUT2D eigenvalue weighted by Gasteiger charge is 2.15. The van der Waals surface area contributed by atoms with Gasteiger partial charge in [0.25, 0.3) is 0 Å². The van der Waals surface area contributed by atoms with Crippen LogP contribution in [0, 0.1) is 5.92 Å². The Balaban J connectivity index is 1.63. The second-order valence-electron chi connectivity index (χ2n) is 7.73. The van der Waals surface area contributed by atoms with E-state index in [2.05, 4.69) is 46.9 Å². The van der Waals surface area contributed by atoms with Gasteiger partial charge < -0.3 is 14.6 Å². The number of para-hydroxylation sites is 1. The number of nitrogens with zero attached hydrogens (tertiary/aromatic N) is 3. The Morgan fingerprint density at radius 3 is 2.68 bits per heavy atom. The van der Waals surface area contributed by atoms with Gasteiger partial charge in [0.15, 0.2) is 11.0 Å². The maximum Gasteiger partial charge on any atom is 0.234 e. The quantitative estimate of drug-likeness (QED) is 0.417. The summed E-state index contributed by atoms with van der Waals surface area (Å²) in [6.07, 6.45) is 1.94. The van der Waals surface area contributed by atoms with Crippen molar-refractivity contribution in [3.05, 3.63) is 66.0 Å². The number of ether oxygens (including phenoxy) is 1. The Bertz CT molecular complexity index is 973. The van der Waals surface area contributed by atoms with Gasteiger partial charge in [0.2, 0.25) is 5.91 Å². The number of hydrogen-bond acceptors (Lipinski definition) is 5. The minimum Gasteiger partial charge on any atom is -0.486 e. The van der Waals surface area contributed by atoms with Crippen molar-refractivity contribution in [3.8, 4) is 5.75 Å². The molecule has 3 aromatic rings. The zero-order chi connectivity index (χ0) is 22.1. The number of nitrogens with one attached hydrogen (secondary N) is 1. The molecule has 1 amide bonds. The van der Waals surface area contributed by atoms with Gasteiger partial charge in [0.05, 0.1) is 5.75 Å². The zero-order valence-electron chi connectivity index (χ0n) is 18.4. The SMILES string of the molecule is CCc1cccc(NC(=O)CSc2nnc(COc3ccccc3)n2CCC(C)C)c1. The van der Waals surface area contributed by atoms with Gasteiger partial charge in [-0.1, -0.05) is 62.9 Å². The van der Waals surface area contributed by atoms with Crippen LogP contribution in [0.25, 0.3) is 0 Å². The maximum absolute atomic E-state index is 12.5. The lowest BCUT2D eigenvalue weighted by Crippen LogP contribution is -2.15. The predicted octanol–water partition coefficient (Wildman–Crippen LogP) is 5.20. The van der Waals surface area contributed by atoms with E-state index in [4.69, 9.17) is 4.74 Å².